The molecule has 1 N–H and O–H groups in total. The van der Waals surface area contributed by atoms with Crippen LogP contribution in [-0.2, 0) is 20.1 Å². The summed E-state index contributed by atoms with van der Waals surface area (Å²) in [5.41, 5.74) is 3.08. The first-order valence-corrected chi connectivity index (χ1v) is 7.47. The van der Waals surface area contributed by atoms with E-state index in [-0.39, 0.29) is 5.82 Å². The molecule has 21 heavy (non-hydrogen) atoms. The molecule has 2 heterocycles. The molecule has 0 spiro atoms. The van der Waals surface area contributed by atoms with Crippen LogP contribution in [0.15, 0.2) is 42.0 Å². The molecule has 2 aromatic heterocycles. The van der Waals surface area contributed by atoms with Gasteiger partial charge in [0.15, 0.2) is 0 Å². The van der Waals surface area contributed by atoms with Gasteiger partial charge in [0.05, 0.1) is 11.9 Å². The van der Waals surface area contributed by atoms with Crippen LogP contribution < -0.4 is 5.32 Å². The summed E-state index contributed by atoms with van der Waals surface area (Å²) in [6, 6.07) is 6.41. The molecule has 0 aliphatic heterocycles. The van der Waals surface area contributed by atoms with E-state index in [9.17, 15) is 4.39 Å². The predicted octanol–water partition coefficient (Wildman–Crippen LogP) is 2.97. The summed E-state index contributed by atoms with van der Waals surface area (Å²) in [5.74, 6) is -0.228. The van der Waals surface area contributed by atoms with E-state index in [2.05, 4.69) is 15.4 Å². The lowest BCUT2D eigenvalue weighted by Gasteiger charge is -1.99. The van der Waals surface area contributed by atoms with Gasteiger partial charge in [-0.15, -0.1) is 11.3 Å². The van der Waals surface area contributed by atoms with E-state index in [1.165, 1.54) is 12.1 Å². The van der Waals surface area contributed by atoms with Crippen molar-refractivity contribution < 1.29 is 4.39 Å². The molecule has 108 valence electrons. The second-order valence-electron chi connectivity index (χ2n) is 4.78. The van der Waals surface area contributed by atoms with Crippen molar-refractivity contribution in [2.45, 2.75) is 13.1 Å². The Labute approximate surface area is 126 Å². The molecule has 1 aromatic carbocycles. The van der Waals surface area contributed by atoms with E-state index in [1.807, 2.05) is 24.8 Å². The van der Waals surface area contributed by atoms with Gasteiger partial charge in [-0.05, 0) is 24.3 Å². The number of benzene rings is 1. The maximum Gasteiger partial charge on any atom is 0.123 e. The molecule has 4 nitrogen and oxygen atoms in total. The normalized spacial score (nSPS) is 11.0. The van der Waals surface area contributed by atoms with Crippen molar-refractivity contribution in [3.05, 3.63) is 59.1 Å². The van der Waals surface area contributed by atoms with Crippen LogP contribution in [-0.4, -0.2) is 14.8 Å². The largest absolute Gasteiger partial charge is 0.307 e. The Morgan fingerprint density at radius 3 is 2.76 bits per heavy atom. The predicted molar refractivity (Wildman–Crippen MR) is 81.3 cm³/mol. The van der Waals surface area contributed by atoms with Gasteiger partial charge in [-0.2, -0.15) is 5.10 Å². The fourth-order valence-corrected chi connectivity index (χ4v) is 2.84. The molecule has 0 saturated heterocycles. The van der Waals surface area contributed by atoms with Crippen molar-refractivity contribution in [1.29, 1.82) is 0 Å². The number of rotatable bonds is 5. The first-order chi connectivity index (χ1) is 10.2. The van der Waals surface area contributed by atoms with Crippen molar-refractivity contribution >= 4 is 11.3 Å². The minimum absolute atomic E-state index is 0.228. The minimum Gasteiger partial charge on any atom is -0.307 e. The number of thiazole rings is 1. The van der Waals surface area contributed by atoms with Crippen molar-refractivity contribution in [3.63, 3.8) is 0 Å². The number of nitrogens with zero attached hydrogens (tertiary/aromatic N) is 3. The van der Waals surface area contributed by atoms with Gasteiger partial charge in [-0.3, -0.25) is 4.68 Å². The lowest BCUT2D eigenvalue weighted by atomic mass is 10.2. The highest BCUT2D eigenvalue weighted by atomic mass is 32.1. The fraction of sp³-hybridized carbons (Fsp3) is 0.200. The topological polar surface area (TPSA) is 42.7 Å². The van der Waals surface area contributed by atoms with Crippen LogP contribution in [0.1, 0.15) is 11.3 Å². The standard InChI is InChI=1S/C15H15FN4S/c1-20-9-11(7-18-20)6-17-8-14-10-21-15(19-14)12-2-4-13(16)5-3-12/h2-5,7,9-10,17H,6,8H2,1H3. The van der Waals surface area contributed by atoms with Crippen molar-refractivity contribution in [2.24, 2.45) is 7.05 Å². The molecule has 0 atom stereocenters. The molecule has 0 amide bonds. The highest BCUT2D eigenvalue weighted by Crippen LogP contribution is 2.23. The Hall–Kier alpha value is -2.05. The van der Waals surface area contributed by atoms with Gasteiger partial charge in [-0.25, -0.2) is 9.37 Å². The molecule has 0 fully saturated rings. The SMILES string of the molecule is Cn1cc(CNCc2csc(-c3ccc(F)cc3)n2)cn1. The number of aryl methyl sites for hydroxylation is 1. The zero-order chi connectivity index (χ0) is 14.7. The number of hydrogen-bond acceptors (Lipinski definition) is 4. The smallest absolute Gasteiger partial charge is 0.123 e. The molecule has 0 bridgehead atoms. The lowest BCUT2D eigenvalue weighted by molar-refractivity contribution is 0.628. The highest BCUT2D eigenvalue weighted by Gasteiger charge is 2.05. The maximum absolute atomic E-state index is 12.9. The lowest BCUT2D eigenvalue weighted by Crippen LogP contribution is -2.12. The molecule has 0 radical (unpaired) electrons. The van der Waals surface area contributed by atoms with Gasteiger partial charge in [-0.1, -0.05) is 0 Å². The molecule has 0 aliphatic rings. The fourth-order valence-electron chi connectivity index (χ4n) is 2.01. The summed E-state index contributed by atoms with van der Waals surface area (Å²) < 4.78 is 14.7. The quantitative estimate of drug-likeness (QED) is 0.788. The van der Waals surface area contributed by atoms with Gasteiger partial charge in [0.25, 0.3) is 0 Å². The molecule has 3 rings (SSSR count). The molecule has 6 heteroatoms. The van der Waals surface area contributed by atoms with Crippen molar-refractivity contribution in [2.75, 3.05) is 0 Å². The summed E-state index contributed by atoms with van der Waals surface area (Å²) >= 11 is 1.57. The first-order valence-electron chi connectivity index (χ1n) is 6.59. The Morgan fingerprint density at radius 2 is 2.05 bits per heavy atom. The van der Waals surface area contributed by atoms with Crippen LogP contribution in [0, 0.1) is 5.82 Å². The third-order valence-electron chi connectivity index (χ3n) is 3.04. The van der Waals surface area contributed by atoms with E-state index in [0.29, 0.717) is 6.54 Å². The zero-order valence-corrected chi connectivity index (χ0v) is 12.4. The summed E-state index contributed by atoms with van der Waals surface area (Å²) in [7, 11) is 1.90. The Balaban J connectivity index is 1.59. The van der Waals surface area contributed by atoms with Crippen LogP contribution >= 0.6 is 11.3 Å². The van der Waals surface area contributed by atoms with E-state index in [4.69, 9.17) is 0 Å². The molecular formula is C15H15FN4S. The minimum atomic E-state index is -0.228. The number of nitrogens with one attached hydrogen (secondary N) is 1. The van der Waals surface area contributed by atoms with Gasteiger partial charge in [0.2, 0.25) is 0 Å². The Morgan fingerprint density at radius 1 is 1.24 bits per heavy atom. The average Bonchev–Trinajstić information content (AvgIpc) is 3.09. The van der Waals surface area contributed by atoms with Crippen LogP contribution in [0.3, 0.4) is 0 Å². The Bertz CT molecular complexity index is 717. The number of hydrogen-bond donors (Lipinski definition) is 1. The van der Waals surface area contributed by atoms with Crippen LogP contribution in [0.25, 0.3) is 10.6 Å². The molecule has 3 aromatic rings. The molecule has 0 unspecified atom stereocenters. The summed E-state index contributed by atoms with van der Waals surface area (Å²) in [4.78, 5) is 4.56. The van der Waals surface area contributed by atoms with Crippen molar-refractivity contribution in [3.8, 4) is 10.6 Å². The maximum atomic E-state index is 12.9. The summed E-state index contributed by atoms with van der Waals surface area (Å²) in [6.45, 7) is 1.46. The van der Waals surface area contributed by atoms with Crippen LogP contribution in [0.5, 0.6) is 0 Å². The summed E-state index contributed by atoms with van der Waals surface area (Å²) in [6.07, 6.45) is 3.83. The van der Waals surface area contributed by atoms with Gasteiger partial charge < -0.3 is 5.32 Å². The Kier molecular flexibility index (Phi) is 4.08. The van der Waals surface area contributed by atoms with Gasteiger partial charge in [0.1, 0.15) is 10.8 Å². The van der Waals surface area contributed by atoms with E-state index >= 15 is 0 Å². The van der Waals surface area contributed by atoms with E-state index in [1.54, 1.807) is 28.2 Å². The van der Waals surface area contributed by atoms with Gasteiger partial charge >= 0.3 is 0 Å². The van der Waals surface area contributed by atoms with E-state index in [0.717, 1.165) is 28.4 Å². The van der Waals surface area contributed by atoms with E-state index < -0.39 is 0 Å². The third-order valence-corrected chi connectivity index (χ3v) is 3.98. The van der Waals surface area contributed by atoms with Gasteiger partial charge in [0, 0.05) is 42.8 Å². The second kappa shape index (κ2) is 6.15. The monoisotopic (exact) mass is 302 g/mol. The highest BCUT2D eigenvalue weighted by molar-refractivity contribution is 7.13. The number of halogens is 1. The summed E-state index contributed by atoms with van der Waals surface area (Å²) in [5, 5.41) is 10.4. The first kappa shape index (κ1) is 13.9. The second-order valence-corrected chi connectivity index (χ2v) is 5.63. The average molecular weight is 302 g/mol. The van der Waals surface area contributed by atoms with Crippen LogP contribution in [0.4, 0.5) is 4.39 Å². The van der Waals surface area contributed by atoms with Crippen LogP contribution in [0.2, 0.25) is 0 Å². The number of aromatic nitrogens is 3. The molecule has 0 aliphatic carbocycles. The molecular weight excluding hydrogens is 287 g/mol. The van der Waals surface area contributed by atoms with Crippen molar-refractivity contribution in [1.82, 2.24) is 20.1 Å². The third kappa shape index (κ3) is 3.53. The molecule has 0 saturated carbocycles. The zero-order valence-electron chi connectivity index (χ0n) is 11.6.